The minimum Gasteiger partial charge on any atom is -0.484 e. The number of tetrazole rings is 1. The molecule has 7 rings (SSSR count). The summed E-state index contributed by atoms with van der Waals surface area (Å²) in [5, 5.41) is 16.2. The highest BCUT2D eigenvalue weighted by molar-refractivity contribution is 8.01. The molecule has 5 aromatic rings. The van der Waals surface area contributed by atoms with Gasteiger partial charge in [-0.05, 0) is 53.1 Å². The van der Waals surface area contributed by atoms with Gasteiger partial charge in [-0.3, -0.25) is 9.59 Å². The largest absolute Gasteiger partial charge is 0.484 e. The van der Waals surface area contributed by atoms with E-state index in [9.17, 15) is 9.59 Å². The summed E-state index contributed by atoms with van der Waals surface area (Å²) in [7, 11) is 0. The standard InChI is InChI=1S/C35H32N6O3S/c1-34(2)30(40-32(43)29(33(40)45-34)36-28(42)23-44-27-21-13-6-14-22-27)31-37-38-39-41(31)35(24-15-7-3-8-16-24,25-17-9-4-10-18-25)26-19-11-5-12-20-26/h3-22,29-30,33H,23H2,1-2H3,(H,36,42)/t29?,30?,33-/m1/s1. The summed E-state index contributed by atoms with van der Waals surface area (Å²) in [6, 6.07) is 38.6. The van der Waals surface area contributed by atoms with Crippen molar-refractivity contribution in [3.05, 3.63) is 144 Å². The fraction of sp³-hybridized carbons (Fsp3) is 0.229. The van der Waals surface area contributed by atoms with Crippen molar-refractivity contribution in [1.82, 2.24) is 30.4 Å². The smallest absolute Gasteiger partial charge is 0.258 e. The van der Waals surface area contributed by atoms with Crippen molar-refractivity contribution < 1.29 is 14.3 Å². The highest BCUT2D eigenvalue weighted by Crippen LogP contribution is 2.57. The Kier molecular flexibility index (Phi) is 7.37. The minimum absolute atomic E-state index is 0.171. The summed E-state index contributed by atoms with van der Waals surface area (Å²) >= 11 is 1.64. The van der Waals surface area contributed by atoms with Crippen LogP contribution in [0.2, 0.25) is 0 Å². The summed E-state index contributed by atoms with van der Waals surface area (Å²) < 4.78 is 7.03. The van der Waals surface area contributed by atoms with Crippen LogP contribution >= 0.6 is 11.8 Å². The molecule has 0 radical (unpaired) electrons. The Morgan fingerprint density at radius 1 is 0.844 bits per heavy atom. The number of β-lactam (4-membered cyclic amide) rings is 1. The molecule has 0 spiro atoms. The molecular formula is C35H32N6O3S. The number of amides is 2. The SMILES string of the molecule is CC1(C)S[C@@H]2C(NC(=O)COc3ccccc3)C(=O)N2C1c1nnnn1C(c1ccccc1)(c1ccccc1)c1ccccc1. The Balaban J connectivity index is 1.27. The topological polar surface area (TPSA) is 102 Å². The molecule has 4 aromatic carbocycles. The second-order valence-corrected chi connectivity index (χ2v) is 13.4. The Labute approximate surface area is 265 Å². The average molecular weight is 617 g/mol. The summed E-state index contributed by atoms with van der Waals surface area (Å²) in [6.07, 6.45) is 0. The zero-order valence-corrected chi connectivity index (χ0v) is 25.7. The number of benzene rings is 4. The molecule has 2 unspecified atom stereocenters. The zero-order chi connectivity index (χ0) is 31.0. The molecule has 3 heterocycles. The summed E-state index contributed by atoms with van der Waals surface area (Å²) in [4.78, 5) is 28.4. The monoisotopic (exact) mass is 616 g/mol. The molecule has 226 valence electrons. The molecule has 1 N–H and O–H groups in total. The van der Waals surface area contributed by atoms with E-state index in [1.807, 2.05) is 82.4 Å². The van der Waals surface area contributed by atoms with Crippen LogP contribution in [0, 0.1) is 0 Å². The van der Waals surface area contributed by atoms with Crippen LogP contribution in [0.3, 0.4) is 0 Å². The number of para-hydroxylation sites is 1. The van der Waals surface area contributed by atoms with Crippen LogP contribution in [0.1, 0.15) is 42.4 Å². The summed E-state index contributed by atoms with van der Waals surface area (Å²) in [5.74, 6) is 0.642. The van der Waals surface area contributed by atoms with E-state index in [0.717, 1.165) is 16.7 Å². The number of fused-ring (bicyclic) bond motifs is 1. The molecule has 3 atom stereocenters. The maximum atomic E-state index is 13.8. The molecule has 2 saturated heterocycles. The van der Waals surface area contributed by atoms with Gasteiger partial charge in [0.25, 0.3) is 5.91 Å². The second-order valence-electron chi connectivity index (χ2n) is 11.7. The fourth-order valence-corrected chi connectivity index (χ4v) is 8.18. The van der Waals surface area contributed by atoms with Gasteiger partial charge in [-0.2, -0.15) is 0 Å². The van der Waals surface area contributed by atoms with Crippen molar-refractivity contribution in [2.45, 2.75) is 41.6 Å². The predicted octanol–water partition coefficient (Wildman–Crippen LogP) is 4.81. The number of ether oxygens (including phenoxy) is 1. The fourth-order valence-electron chi connectivity index (χ4n) is 6.55. The lowest BCUT2D eigenvalue weighted by molar-refractivity contribution is -0.152. The lowest BCUT2D eigenvalue weighted by atomic mass is 9.76. The number of hydrogen-bond acceptors (Lipinski definition) is 7. The van der Waals surface area contributed by atoms with Crippen LogP contribution < -0.4 is 10.1 Å². The van der Waals surface area contributed by atoms with Gasteiger partial charge < -0.3 is 15.0 Å². The second kappa shape index (κ2) is 11.5. The zero-order valence-electron chi connectivity index (χ0n) is 24.9. The van der Waals surface area contributed by atoms with Crippen molar-refractivity contribution >= 4 is 23.6 Å². The molecule has 1 aromatic heterocycles. The first-order valence-electron chi connectivity index (χ1n) is 14.8. The Bertz CT molecular complexity index is 1700. The molecule has 0 bridgehead atoms. The van der Waals surface area contributed by atoms with Gasteiger partial charge in [0.2, 0.25) is 5.91 Å². The molecule has 0 aliphatic carbocycles. The van der Waals surface area contributed by atoms with Crippen LogP contribution in [0.25, 0.3) is 0 Å². The van der Waals surface area contributed by atoms with Crippen molar-refractivity contribution in [2.24, 2.45) is 0 Å². The first-order chi connectivity index (χ1) is 21.9. The normalized spacial score (nSPS) is 20.3. The van der Waals surface area contributed by atoms with Crippen molar-refractivity contribution in [2.75, 3.05) is 6.61 Å². The highest BCUT2D eigenvalue weighted by Gasteiger charge is 2.64. The van der Waals surface area contributed by atoms with Gasteiger partial charge in [-0.1, -0.05) is 109 Å². The van der Waals surface area contributed by atoms with Crippen molar-refractivity contribution in [3.8, 4) is 5.75 Å². The lowest BCUT2D eigenvalue weighted by Crippen LogP contribution is -2.68. The van der Waals surface area contributed by atoms with E-state index in [1.165, 1.54) is 0 Å². The first-order valence-corrected chi connectivity index (χ1v) is 15.7. The number of nitrogens with one attached hydrogen (secondary N) is 1. The van der Waals surface area contributed by atoms with Crippen LogP contribution in [-0.4, -0.2) is 59.7 Å². The van der Waals surface area contributed by atoms with E-state index >= 15 is 0 Å². The maximum Gasteiger partial charge on any atom is 0.258 e. The Morgan fingerprint density at radius 2 is 1.36 bits per heavy atom. The number of carbonyl (C=O) groups excluding carboxylic acids is 2. The van der Waals surface area contributed by atoms with E-state index < -0.39 is 22.4 Å². The first kappa shape index (κ1) is 28.8. The number of hydrogen-bond donors (Lipinski definition) is 1. The van der Waals surface area contributed by atoms with Gasteiger partial charge in [-0.25, -0.2) is 4.68 Å². The number of nitrogens with zero attached hydrogens (tertiary/aromatic N) is 5. The number of carbonyl (C=O) groups is 2. The van der Waals surface area contributed by atoms with E-state index in [2.05, 4.69) is 71.1 Å². The third kappa shape index (κ3) is 4.85. The van der Waals surface area contributed by atoms with E-state index in [-0.39, 0.29) is 23.8 Å². The van der Waals surface area contributed by atoms with Gasteiger partial charge in [0.15, 0.2) is 12.4 Å². The van der Waals surface area contributed by atoms with Gasteiger partial charge >= 0.3 is 0 Å². The molecule has 2 fully saturated rings. The maximum absolute atomic E-state index is 13.8. The van der Waals surface area contributed by atoms with Gasteiger partial charge in [0.05, 0.1) is 0 Å². The minimum atomic E-state index is -0.933. The number of aromatic nitrogens is 4. The molecule has 0 saturated carbocycles. The third-order valence-corrected chi connectivity index (χ3v) is 10.1. The predicted molar refractivity (Wildman–Crippen MR) is 171 cm³/mol. The van der Waals surface area contributed by atoms with Crippen LogP contribution in [0.15, 0.2) is 121 Å². The highest BCUT2D eigenvalue weighted by atomic mass is 32.2. The molecule has 10 heteroatoms. The number of rotatable bonds is 9. The third-order valence-electron chi connectivity index (χ3n) is 8.50. The van der Waals surface area contributed by atoms with Gasteiger partial charge in [0.1, 0.15) is 28.7 Å². The Morgan fingerprint density at radius 3 is 1.89 bits per heavy atom. The van der Waals surface area contributed by atoms with Crippen LogP contribution in [0.5, 0.6) is 5.75 Å². The van der Waals surface area contributed by atoms with Crippen molar-refractivity contribution in [3.63, 3.8) is 0 Å². The molecule has 9 nitrogen and oxygen atoms in total. The summed E-state index contributed by atoms with van der Waals surface area (Å²) in [5.41, 5.74) is 2.01. The van der Waals surface area contributed by atoms with E-state index in [4.69, 9.17) is 4.74 Å². The van der Waals surface area contributed by atoms with Gasteiger partial charge in [0, 0.05) is 4.75 Å². The lowest BCUT2D eigenvalue weighted by Gasteiger charge is -2.45. The quantitative estimate of drug-likeness (QED) is 0.187. The average Bonchev–Trinajstić information content (AvgIpc) is 3.65. The molecular weight excluding hydrogens is 584 g/mol. The molecule has 2 aliphatic rings. The molecule has 2 aliphatic heterocycles. The Hall–Kier alpha value is -4.96. The number of thioether (sulfide) groups is 1. The van der Waals surface area contributed by atoms with Crippen LogP contribution in [-0.2, 0) is 15.1 Å². The van der Waals surface area contributed by atoms with Gasteiger partial charge in [-0.15, -0.1) is 16.9 Å². The van der Waals surface area contributed by atoms with Crippen molar-refractivity contribution in [1.29, 1.82) is 0 Å². The van der Waals surface area contributed by atoms with Crippen LogP contribution in [0.4, 0.5) is 0 Å². The molecule has 45 heavy (non-hydrogen) atoms. The summed E-state index contributed by atoms with van der Waals surface area (Å²) in [6.45, 7) is 4.02. The van der Waals surface area contributed by atoms with E-state index in [0.29, 0.717) is 11.6 Å². The molecule has 2 amide bonds. The van der Waals surface area contributed by atoms with E-state index in [1.54, 1.807) is 23.9 Å².